The van der Waals surface area contributed by atoms with Crippen molar-refractivity contribution in [1.29, 1.82) is 0 Å². The summed E-state index contributed by atoms with van der Waals surface area (Å²) in [5.41, 5.74) is 1.43. The molecule has 0 spiro atoms. The molecule has 1 aromatic carbocycles. The molecule has 1 N–H and O–H groups in total. The van der Waals surface area contributed by atoms with Gasteiger partial charge in [0.15, 0.2) is 5.17 Å². The molecule has 0 fully saturated rings. The van der Waals surface area contributed by atoms with Crippen molar-refractivity contribution in [3.63, 3.8) is 0 Å². The molecule has 0 aliphatic carbocycles. The molecule has 2 rings (SSSR count). The highest BCUT2D eigenvalue weighted by Gasteiger charge is 2.07. The van der Waals surface area contributed by atoms with Crippen LogP contribution in [0.1, 0.15) is 5.56 Å². The lowest BCUT2D eigenvalue weighted by Gasteiger charge is -2.05. The number of rotatable bonds is 2. The maximum absolute atomic E-state index is 8.55. The summed E-state index contributed by atoms with van der Waals surface area (Å²) < 4.78 is 2.38. The van der Waals surface area contributed by atoms with Gasteiger partial charge in [-0.15, -0.1) is 0 Å². The zero-order valence-electron chi connectivity index (χ0n) is 7.88. The molecule has 0 amide bonds. The maximum atomic E-state index is 8.55. The molecule has 16 heavy (non-hydrogen) atoms. The molecule has 1 heterocycles. The normalized spacial score (nSPS) is 11.8. The van der Waals surface area contributed by atoms with E-state index in [1.54, 1.807) is 29.2 Å². The number of hydrogen-bond donors (Lipinski definition) is 1. The minimum Gasteiger partial charge on any atom is -0.410 e. The van der Waals surface area contributed by atoms with E-state index in [9.17, 15) is 0 Å². The van der Waals surface area contributed by atoms with Crippen molar-refractivity contribution in [3.8, 4) is 5.69 Å². The first-order valence-electron chi connectivity index (χ1n) is 4.25. The van der Waals surface area contributed by atoms with Crippen molar-refractivity contribution in [1.82, 2.24) is 14.8 Å². The average molecular weight is 302 g/mol. The van der Waals surface area contributed by atoms with Crippen LogP contribution in [0.2, 0.25) is 0 Å². The van der Waals surface area contributed by atoms with Crippen molar-refractivity contribution in [2.24, 2.45) is 5.16 Å². The Balaban J connectivity index is 2.45. The van der Waals surface area contributed by atoms with Gasteiger partial charge < -0.3 is 5.21 Å². The quantitative estimate of drug-likeness (QED) is 0.526. The van der Waals surface area contributed by atoms with E-state index >= 15 is 0 Å². The van der Waals surface area contributed by atoms with E-state index in [-0.39, 0.29) is 5.17 Å². The van der Waals surface area contributed by atoms with Gasteiger partial charge in [0.1, 0.15) is 12.7 Å². The van der Waals surface area contributed by atoms with Gasteiger partial charge in [-0.3, -0.25) is 0 Å². The minimum atomic E-state index is 0.0332. The van der Waals surface area contributed by atoms with Gasteiger partial charge in [0.25, 0.3) is 0 Å². The lowest BCUT2D eigenvalue weighted by Crippen LogP contribution is -1.98. The fourth-order valence-electron chi connectivity index (χ4n) is 1.21. The number of aromatic nitrogens is 3. The van der Waals surface area contributed by atoms with Crippen molar-refractivity contribution >= 4 is 32.7 Å². The van der Waals surface area contributed by atoms with Gasteiger partial charge in [0, 0.05) is 10.0 Å². The highest BCUT2D eigenvalue weighted by Crippen LogP contribution is 2.22. The fourth-order valence-corrected chi connectivity index (χ4v) is 1.89. The smallest absolute Gasteiger partial charge is 0.175 e. The Hall–Kier alpha value is -1.40. The number of nitrogens with zero attached hydrogens (tertiary/aromatic N) is 4. The van der Waals surface area contributed by atoms with Gasteiger partial charge in [-0.25, -0.2) is 9.67 Å². The van der Waals surface area contributed by atoms with Crippen LogP contribution in [0.15, 0.2) is 40.5 Å². The molecule has 1 aromatic heterocycles. The summed E-state index contributed by atoms with van der Waals surface area (Å²) in [6, 6.07) is 5.25. The molecule has 5 nitrogen and oxygen atoms in total. The van der Waals surface area contributed by atoms with Gasteiger partial charge in [-0.1, -0.05) is 16.8 Å². The van der Waals surface area contributed by atoms with E-state index in [2.05, 4.69) is 31.2 Å². The molecule has 0 saturated heterocycles. The van der Waals surface area contributed by atoms with Crippen molar-refractivity contribution in [2.75, 3.05) is 0 Å². The molecule has 2 aromatic rings. The first-order chi connectivity index (χ1) is 7.72. The lowest BCUT2D eigenvalue weighted by molar-refractivity contribution is 0.321. The van der Waals surface area contributed by atoms with Crippen molar-refractivity contribution in [2.45, 2.75) is 0 Å². The second kappa shape index (κ2) is 4.63. The molecular weight excluding hydrogens is 295 g/mol. The van der Waals surface area contributed by atoms with Crippen LogP contribution in [0, 0.1) is 0 Å². The molecule has 0 bridgehead atoms. The van der Waals surface area contributed by atoms with E-state index < -0.39 is 0 Å². The third-order valence-corrected chi connectivity index (χ3v) is 2.87. The molecule has 0 radical (unpaired) electrons. The first-order valence-corrected chi connectivity index (χ1v) is 5.42. The number of benzene rings is 1. The fraction of sp³-hybridized carbons (Fsp3) is 0. The number of oxime groups is 1. The molecule has 82 valence electrons. The third-order valence-electron chi connectivity index (χ3n) is 1.94. The molecule has 0 unspecified atom stereocenters. The van der Waals surface area contributed by atoms with E-state index in [1.807, 2.05) is 0 Å². The minimum absolute atomic E-state index is 0.0332. The van der Waals surface area contributed by atoms with Crippen LogP contribution >= 0.6 is 27.5 Å². The van der Waals surface area contributed by atoms with Crippen molar-refractivity contribution < 1.29 is 5.21 Å². The van der Waals surface area contributed by atoms with Crippen LogP contribution in [0.5, 0.6) is 0 Å². The Morgan fingerprint density at radius 1 is 1.50 bits per heavy atom. The monoisotopic (exact) mass is 300 g/mol. The summed E-state index contributed by atoms with van der Waals surface area (Å²) in [4.78, 5) is 3.85. The van der Waals surface area contributed by atoms with Crippen LogP contribution < -0.4 is 0 Å². The SMILES string of the molecule is O/N=C(\Cl)c1ccc(-n2cncn2)c(Br)c1. The molecule has 7 heteroatoms. The summed E-state index contributed by atoms with van der Waals surface area (Å²) in [5.74, 6) is 0. The zero-order chi connectivity index (χ0) is 11.5. The van der Waals surface area contributed by atoms with Gasteiger partial charge in [0.05, 0.1) is 5.69 Å². The topological polar surface area (TPSA) is 63.3 Å². The largest absolute Gasteiger partial charge is 0.410 e. The van der Waals surface area contributed by atoms with E-state index in [4.69, 9.17) is 16.8 Å². The summed E-state index contributed by atoms with van der Waals surface area (Å²) in [6.45, 7) is 0. The maximum Gasteiger partial charge on any atom is 0.175 e. The zero-order valence-corrected chi connectivity index (χ0v) is 10.2. The average Bonchev–Trinajstić information content (AvgIpc) is 2.81. The van der Waals surface area contributed by atoms with E-state index in [0.717, 1.165) is 10.2 Å². The Labute approximate surface area is 104 Å². The standard InChI is InChI=1S/C9H6BrClN4O/c10-7-3-6(9(11)14-16)1-2-8(7)15-5-12-4-13-15/h1-5,16H/b14-9-. The first kappa shape index (κ1) is 11.1. The lowest BCUT2D eigenvalue weighted by atomic mass is 10.2. The summed E-state index contributed by atoms with van der Waals surface area (Å²) in [6.07, 6.45) is 3.03. The van der Waals surface area contributed by atoms with Gasteiger partial charge in [0.2, 0.25) is 0 Å². The van der Waals surface area contributed by atoms with Crippen LogP contribution in [-0.2, 0) is 0 Å². The van der Waals surface area contributed by atoms with Crippen LogP contribution in [0.4, 0.5) is 0 Å². The van der Waals surface area contributed by atoms with Crippen molar-refractivity contribution in [3.05, 3.63) is 40.9 Å². The van der Waals surface area contributed by atoms with Crippen LogP contribution in [0.25, 0.3) is 5.69 Å². The van der Waals surface area contributed by atoms with Gasteiger partial charge in [-0.05, 0) is 34.1 Å². The van der Waals surface area contributed by atoms with Crippen LogP contribution in [0.3, 0.4) is 0 Å². The Morgan fingerprint density at radius 3 is 2.88 bits per heavy atom. The Morgan fingerprint density at radius 2 is 2.31 bits per heavy atom. The number of hydrogen-bond acceptors (Lipinski definition) is 4. The third kappa shape index (κ3) is 2.07. The Kier molecular flexibility index (Phi) is 3.21. The Bertz CT molecular complexity index is 526. The highest BCUT2D eigenvalue weighted by molar-refractivity contribution is 9.10. The highest BCUT2D eigenvalue weighted by atomic mass is 79.9. The van der Waals surface area contributed by atoms with Gasteiger partial charge >= 0.3 is 0 Å². The molecule has 0 aliphatic heterocycles. The van der Waals surface area contributed by atoms with Gasteiger partial charge in [-0.2, -0.15) is 5.10 Å². The predicted molar refractivity (Wildman–Crippen MR) is 63.2 cm³/mol. The predicted octanol–water partition coefficient (Wildman–Crippen LogP) is 2.40. The van der Waals surface area contributed by atoms with E-state index in [1.165, 1.54) is 6.33 Å². The van der Waals surface area contributed by atoms with E-state index in [0.29, 0.717) is 5.56 Å². The summed E-state index contributed by atoms with van der Waals surface area (Å²) >= 11 is 9.07. The molecular formula is C9H6BrClN4O. The molecule has 0 saturated carbocycles. The van der Waals surface area contributed by atoms with Crippen LogP contribution in [-0.4, -0.2) is 25.1 Å². The molecule has 0 aliphatic rings. The number of halogens is 2. The summed E-state index contributed by atoms with van der Waals surface area (Å²) in [7, 11) is 0. The molecule has 0 atom stereocenters. The second-order valence-electron chi connectivity index (χ2n) is 2.90. The summed E-state index contributed by atoms with van der Waals surface area (Å²) in [5, 5.41) is 15.5. The second-order valence-corrected chi connectivity index (χ2v) is 4.11.